The van der Waals surface area contributed by atoms with Crippen molar-refractivity contribution in [2.24, 2.45) is 0 Å². The van der Waals surface area contributed by atoms with Crippen molar-refractivity contribution in [3.63, 3.8) is 0 Å². The van der Waals surface area contributed by atoms with Crippen LogP contribution in [0, 0.1) is 0 Å². The quantitative estimate of drug-likeness (QED) is 0.291. The average molecular weight is 406 g/mol. The number of halogens is 9. The molecule has 0 amide bonds. The van der Waals surface area contributed by atoms with Crippen molar-refractivity contribution in [1.29, 1.82) is 0 Å². The molecule has 0 aliphatic heterocycles. The van der Waals surface area contributed by atoms with Gasteiger partial charge in [0.25, 0.3) is 0 Å². The molecule has 0 atom stereocenters. The van der Waals surface area contributed by atoms with Crippen LogP contribution in [0.25, 0.3) is 0 Å². The van der Waals surface area contributed by atoms with E-state index in [0.717, 1.165) is 0 Å². The summed E-state index contributed by atoms with van der Waals surface area (Å²) in [6.07, 6.45) is -18.8. The monoisotopic (exact) mass is 406 g/mol. The molecule has 0 unspecified atom stereocenters. The standard InChI is InChI=1S/C11H7F9O6/c1-4(9(12,13)14)6(21)26-5(2-24-7(22)10(15,16)17)3-25-8(23)11(18,19)20/h5H,1-3H2. The molecule has 0 N–H and O–H groups in total. The number of carbonyl (C=O) groups excluding carboxylic acids is 3. The maximum Gasteiger partial charge on any atom is 0.490 e. The fourth-order valence-corrected chi connectivity index (χ4v) is 0.955. The Bertz CT molecular complexity index is 530. The van der Waals surface area contributed by atoms with Crippen LogP contribution in [0.3, 0.4) is 0 Å². The molecule has 0 rings (SSSR count). The molecule has 0 aliphatic rings. The zero-order valence-corrected chi connectivity index (χ0v) is 12.0. The predicted molar refractivity (Wildman–Crippen MR) is 59.1 cm³/mol. The Hall–Kier alpha value is -2.48. The molecule has 0 spiro atoms. The van der Waals surface area contributed by atoms with Gasteiger partial charge in [0.1, 0.15) is 18.8 Å². The van der Waals surface area contributed by atoms with E-state index in [1.807, 2.05) is 0 Å². The first-order valence-electron chi connectivity index (χ1n) is 5.91. The van der Waals surface area contributed by atoms with Gasteiger partial charge in [-0.1, -0.05) is 6.58 Å². The van der Waals surface area contributed by atoms with E-state index in [4.69, 9.17) is 0 Å². The number of esters is 3. The third-order valence-corrected chi connectivity index (χ3v) is 2.13. The Labute approximate surface area is 137 Å². The van der Waals surface area contributed by atoms with Crippen LogP contribution in [-0.4, -0.2) is 55.8 Å². The lowest BCUT2D eigenvalue weighted by molar-refractivity contribution is -0.210. The van der Waals surface area contributed by atoms with Crippen LogP contribution >= 0.6 is 0 Å². The summed E-state index contributed by atoms with van der Waals surface area (Å²) in [5.74, 6) is -8.06. The maximum absolute atomic E-state index is 12.2. The van der Waals surface area contributed by atoms with Gasteiger partial charge >= 0.3 is 36.4 Å². The lowest BCUT2D eigenvalue weighted by Gasteiger charge is -2.19. The molecule has 0 heterocycles. The summed E-state index contributed by atoms with van der Waals surface area (Å²) >= 11 is 0. The van der Waals surface area contributed by atoms with Gasteiger partial charge in [-0.05, 0) is 0 Å². The second kappa shape index (κ2) is 8.27. The van der Waals surface area contributed by atoms with Crippen LogP contribution in [0.4, 0.5) is 39.5 Å². The van der Waals surface area contributed by atoms with Crippen LogP contribution in [0.15, 0.2) is 12.2 Å². The van der Waals surface area contributed by atoms with E-state index in [-0.39, 0.29) is 0 Å². The second-order valence-corrected chi connectivity index (χ2v) is 4.20. The van der Waals surface area contributed by atoms with Crippen molar-refractivity contribution in [3.05, 3.63) is 12.2 Å². The molecule has 0 fully saturated rings. The predicted octanol–water partition coefficient (Wildman–Crippen LogP) is 2.23. The first-order chi connectivity index (χ1) is 11.5. The fourth-order valence-electron chi connectivity index (χ4n) is 0.955. The van der Waals surface area contributed by atoms with Gasteiger partial charge in [0.2, 0.25) is 0 Å². The number of rotatable bonds is 6. The van der Waals surface area contributed by atoms with Crippen LogP contribution in [0.5, 0.6) is 0 Å². The van der Waals surface area contributed by atoms with E-state index < -0.39 is 61.3 Å². The highest BCUT2D eigenvalue weighted by Crippen LogP contribution is 2.25. The van der Waals surface area contributed by atoms with Gasteiger partial charge in [0, 0.05) is 0 Å². The van der Waals surface area contributed by atoms with Crippen molar-refractivity contribution >= 4 is 17.9 Å². The van der Waals surface area contributed by atoms with Gasteiger partial charge in [-0.2, -0.15) is 39.5 Å². The van der Waals surface area contributed by atoms with Gasteiger partial charge in [-0.25, -0.2) is 14.4 Å². The van der Waals surface area contributed by atoms with Gasteiger partial charge in [0.15, 0.2) is 6.10 Å². The van der Waals surface area contributed by atoms with Crippen molar-refractivity contribution in [2.45, 2.75) is 24.6 Å². The van der Waals surface area contributed by atoms with Gasteiger partial charge in [-0.3, -0.25) is 0 Å². The van der Waals surface area contributed by atoms with Gasteiger partial charge < -0.3 is 14.2 Å². The summed E-state index contributed by atoms with van der Waals surface area (Å²) < 4.78 is 119. The molecule has 26 heavy (non-hydrogen) atoms. The van der Waals surface area contributed by atoms with Gasteiger partial charge in [-0.15, -0.1) is 0 Å². The van der Waals surface area contributed by atoms with Crippen molar-refractivity contribution in [1.82, 2.24) is 0 Å². The lowest BCUT2D eigenvalue weighted by Crippen LogP contribution is -2.37. The Morgan fingerprint density at radius 2 is 1.08 bits per heavy atom. The smallest absolute Gasteiger partial charge is 0.455 e. The van der Waals surface area contributed by atoms with Crippen molar-refractivity contribution in [2.75, 3.05) is 13.2 Å². The molecule has 0 aromatic carbocycles. The molecule has 15 heteroatoms. The van der Waals surface area contributed by atoms with Crippen LogP contribution in [0.1, 0.15) is 0 Å². The van der Waals surface area contributed by atoms with E-state index in [9.17, 15) is 53.9 Å². The molecule has 0 aromatic heterocycles. The number of ether oxygens (including phenoxy) is 3. The molecule has 0 saturated carbocycles. The number of carbonyl (C=O) groups is 3. The average Bonchev–Trinajstić information content (AvgIpc) is 2.45. The molecule has 0 aromatic rings. The minimum Gasteiger partial charge on any atom is -0.455 e. The van der Waals surface area contributed by atoms with Crippen molar-refractivity contribution in [3.8, 4) is 0 Å². The zero-order chi connectivity index (χ0) is 20.9. The maximum atomic E-state index is 12.2. The molecule has 0 aliphatic carbocycles. The topological polar surface area (TPSA) is 78.9 Å². The van der Waals surface area contributed by atoms with Crippen LogP contribution in [0.2, 0.25) is 0 Å². The first-order valence-corrected chi connectivity index (χ1v) is 5.91. The molecule has 150 valence electrons. The highest BCUT2D eigenvalue weighted by Gasteiger charge is 2.44. The van der Waals surface area contributed by atoms with E-state index in [1.165, 1.54) is 0 Å². The van der Waals surface area contributed by atoms with Crippen LogP contribution in [-0.2, 0) is 28.6 Å². The number of alkyl halides is 9. The summed E-state index contributed by atoms with van der Waals surface area (Å²) in [6, 6.07) is 0. The van der Waals surface area contributed by atoms with Crippen molar-refractivity contribution < 1.29 is 68.1 Å². The molecular formula is C11H7F9O6. The minimum atomic E-state index is -5.55. The van der Waals surface area contributed by atoms with E-state index in [0.29, 0.717) is 0 Å². The SMILES string of the molecule is C=C(C(=O)OC(COC(=O)C(F)(F)F)COC(=O)C(F)(F)F)C(F)(F)F. The highest BCUT2D eigenvalue weighted by atomic mass is 19.4. The Balaban J connectivity index is 5.05. The molecule has 0 bridgehead atoms. The number of hydrogen-bond donors (Lipinski definition) is 0. The fraction of sp³-hybridized carbons (Fsp3) is 0.545. The lowest BCUT2D eigenvalue weighted by atomic mass is 10.3. The molecule has 0 radical (unpaired) electrons. The number of hydrogen-bond acceptors (Lipinski definition) is 6. The Morgan fingerprint density at radius 1 is 0.731 bits per heavy atom. The summed E-state index contributed by atoms with van der Waals surface area (Å²) in [5.41, 5.74) is -2.16. The van der Waals surface area contributed by atoms with E-state index >= 15 is 0 Å². The third-order valence-electron chi connectivity index (χ3n) is 2.13. The first kappa shape index (κ1) is 23.5. The second-order valence-electron chi connectivity index (χ2n) is 4.20. The van der Waals surface area contributed by atoms with Gasteiger partial charge in [0.05, 0.1) is 0 Å². The Morgan fingerprint density at radius 3 is 1.35 bits per heavy atom. The minimum absolute atomic E-state index is 1.65. The van der Waals surface area contributed by atoms with Crippen LogP contribution < -0.4 is 0 Å². The Kier molecular flexibility index (Phi) is 7.48. The molecule has 0 saturated heterocycles. The normalized spacial score (nSPS) is 12.5. The van der Waals surface area contributed by atoms with E-state index in [2.05, 4.69) is 20.8 Å². The summed E-state index contributed by atoms with van der Waals surface area (Å²) in [4.78, 5) is 32.1. The zero-order valence-electron chi connectivity index (χ0n) is 12.0. The summed E-state index contributed by atoms with van der Waals surface area (Å²) in [5, 5.41) is 0. The molecular weight excluding hydrogens is 399 g/mol. The van der Waals surface area contributed by atoms with E-state index in [1.54, 1.807) is 0 Å². The molecule has 6 nitrogen and oxygen atoms in total. The largest absolute Gasteiger partial charge is 0.490 e. The summed E-state index contributed by atoms with van der Waals surface area (Å²) in [6.45, 7) is -1.03. The third kappa shape index (κ3) is 8.06. The summed E-state index contributed by atoms with van der Waals surface area (Å²) in [7, 11) is 0. The highest BCUT2D eigenvalue weighted by molar-refractivity contribution is 5.89.